The van der Waals surface area contributed by atoms with Crippen molar-refractivity contribution < 1.29 is 0 Å². The van der Waals surface area contributed by atoms with Gasteiger partial charge < -0.3 is 5.32 Å². The fourth-order valence-corrected chi connectivity index (χ4v) is 5.92. The maximum absolute atomic E-state index is 6.34. The molecule has 0 radical (unpaired) electrons. The molecule has 0 spiro atoms. The van der Waals surface area contributed by atoms with Gasteiger partial charge >= 0.3 is 0 Å². The maximum atomic E-state index is 6.34. The van der Waals surface area contributed by atoms with Gasteiger partial charge in [-0.1, -0.05) is 71.8 Å². The Balaban J connectivity index is 1.47. The number of hydrogen-bond donors (Lipinski definition) is 1. The van der Waals surface area contributed by atoms with E-state index >= 15 is 0 Å². The second-order valence-electron chi connectivity index (χ2n) is 8.13. The zero-order valence-electron chi connectivity index (χ0n) is 16.7. The Morgan fingerprint density at radius 2 is 1.83 bits per heavy atom. The molecule has 30 heavy (non-hydrogen) atoms. The van der Waals surface area contributed by atoms with E-state index in [1.54, 1.807) is 0 Å². The van der Waals surface area contributed by atoms with Crippen molar-refractivity contribution >= 4 is 40.7 Å². The molecular weight excluding hydrogens is 429 g/mol. The molecule has 2 aliphatic rings. The third kappa shape index (κ3) is 3.77. The molecule has 1 aliphatic heterocycles. The van der Waals surface area contributed by atoms with Crippen LogP contribution in [0.1, 0.15) is 40.6 Å². The lowest BCUT2D eigenvalue weighted by Gasteiger charge is -2.38. The van der Waals surface area contributed by atoms with Crippen LogP contribution >= 0.6 is 35.0 Å². The van der Waals surface area contributed by atoms with E-state index in [0.29, 0.717) is 21.9 Å². The first kappa shape index (κ1) is 20.1. The average Bonchev–Trinajstić information content (AvgIpc) is 3.25. The molecule has 4 heteroatoms. The minimum Gasteiger partial charge on any atom is -0.377 e. The summed E-state index contributed by atoms with van der Waals surface area (Å²) in [5.41, 5.74) is 6.59. The molecule has 0 saturated heterocycles. The predicted molar refractivity (Wildman–Crippen MR) is 130 cm³/mol. The van der Waals surface area contributed by atoms with Crippen LogP contribution in [0.3, 0.4) is 0 Å². The van der Waals surface area contributed by atoms with Crippen molar-refractivity contribution in [2.24, 2.45) is 5.92 Å². The summed E-state index contributed by atoms with van der Waals surface area (Å²) in [6, 6.07) is 21.6. The molecule has 1 N–H and O–H groups in total. The van der Waals surface area contributed by atoms with Gasteiger partial charge in [-0.05, 0) is 65.8 Å². The Kier molecular flexibility index (Phi) is 5.58. The normalized spacial score (nSPS) is 21.8. The summed E-state index contributed by atoms with van der Waals surface area (Å²) in [5.74, 6) is 1.90. The highest BCUT2D eigenvalue weighted by Gasteiger charge is 2.38. The van der Waals surface area contributed by atoms with Gasteiger partial charge in [0.2, 0.25) is 0 Å². The molecule has 0 aromatic heterocycles. The maximum Gasteiger partial charge on any atom is 0.0595 e. The van der Waals surface area contributed by atoms with Crippen molar-refractivity contribution in [2.45, 2.75) is 36.0 Å². The molecular formula is C26H23Cl2NS. The second-order valence-corrected chi connectivity index (χ2v) is 9.99. The number of anilines is 1. The summed E-state index contributed by atoms with van der Waals surface area (Å²) in [4.78, 5) is 1.31. The van der Waals surface area contributed by atoms with Crippen molar-refractivity contribution in [1.82, 2.24) is 0 Å². The third-order valence-electron chi connectivity index (χ3n) is 6.18. The summed E-state index contributed by atoms with van der Waals surface area (Å²) < 4.78 is 0. The van der Waals surface area contributed by atoms with E-state index in [1.165, 1.54) is 32.8 Å². The van der Waals surface area contributed by atoms with Crippen LogP contribution in [0.25, 0.3) is 0 Å². The van der Waals surface area contributed by atoms with E-state index < -0.39 is 0 Å². The molecule has 0 unspecified atom stereocenters. The van der Waals surface area contributed by atoms with Crippen molar-refractivity contribution in [3.63, 3.8) is 0 Å². The molecule has 5 rings (SSSR count). The zero-order valence-corrected chi connectivity index (χ0v) is 19.1. The summed E-state index contributed by atoms with van der Waals surface area (Å²) in [5, 5.41) is 5.08. The SMILES string of the molecule is Cc1cc(CSc2ccccc2)cc2c1N[C@H](c1ccc(Cl)c(Cl)c1)[C@H]1CC=C[C@H]21. The molecule has 1 heterocycles. The summed E-state index contributed by atoms with van der Waals surface area (Å²) in [6.07, 6.45) is 5.80. The molecule has 1 nitrogen and oxygen atoms in total. The predicted octanol–water partition coefficient (Wildman–Crippen LogP) is 8.42. The number of rotatable bonds is 4. The van der Waals surface area contributed by atoms with Gasteiger partial charge in [-0.15, -0.1) is 11.8 Å². The fraction of sp³-hybridized carbons (Fsp3) is 0.231. The first-order valence-electron chi connectivity index (χ1n) is 10.3. The number of fused-ring (bicyclic) bond motifs is 3. The summed E-state index contributed by atoms with van der Waals surface area (Å²) in [6.45, 7) is 2.22. The number of allylic oxidation sites excluding steroid dienone is 2. The average molecular weight is 452 g/mol. The highest BCUT2D eigenvalue weighted by molar-refractivity contribution is 7.98. The Bertz CT molecular complexity index is 1110. The molecule has 0 amide bonds. The zero-order chi connectivity index (χ0) is 20.7. The fourth-order valence-electron chi connectivity index (χ4n) is 4.77. The molecule has 3 aromatic rings. The first-order valence-corrected chi connectivity index (χ1v) is 12.0. The van der Waals surface area contributed by atoms with Crippen LogP contribution in [0.15, 0.2) is 77.7 Å². The van der Waals surface area contributed by atoms with Gasteiger partial charge in [0.05, 0.1) is 16.1 Å². The number of halogens is 2. The largest absolute Gasteiger partial charge is 0.377 e. The summed E-state index contributed by atoms with van der Waals surface area (Å²) in [7, 11) is 0. The lowest BCUT2D eigenvalue weighted by atomic mass is 9.76. The van der Waals surface area contributed by atoms with Gasteiger partial charge in [-0.25, -0.2) is 0 Å². The van der Waals surface area contributed by atoms with Gasteiger partial charge in [0.25, 0.3) is 0 Å². The minimum atomic E-state index is 0.232. The highest BCUT2D eigenvalue weighted by atomic mass is 35.5. The second kappa shape index (κ2) is 8.34. The van der Waals surface area contributed by atoms with Crippen LogP contribution < -0.4 is 5.32 Å². The van der Waals surface area contributed by atoms with Crippen LogP contribution in [-0.2, 0) is 5.75 Å². The van der Waals surface area contributed by atoms with Crippen LogP contribution in [-0.4, -0.2) is 0 Å². The van der Waals surface area contributed by atoms with Crippen LogP contribution in [0.2, 0.25) is 10.0 Å². The lowest BCUT2D eigenvalue weighted by Crippen LogP contribution is -2.29. The number of benzene rings is 3. The number of aryl methyl sites for hydroxylation is 1. The van der Waals surface area contributed by atoms with E-state index in [-0.39, 0.29) is 6.04 Å². The molecule has 0 saturated carbocycles. The summed E-state index contributed by atoms with van der Waals surface area (Å²) >= 11 is 14.4. The van der Waals surface area contributed by atoms with Crippen molar-refractivity contribution in [2.75, 3.05) is 5.32 Å². The number of hydrogen-bond acceptors (Lipinski definition) is 2. The van der Waals surface area contributed by atoms with E-state index in [9.17, 15) is 0 Å². The van der Waals surface area contributed by atoms with Crippen LogP contribution in [0, 0.1) is 12.8 Å². The number of nitrogens with one attached hydrogen (secondary N) is 1. The van der Waals surface area contributed by atoms with Crippen molar-refractivity contribution in [3.05, 3.63) is 105 Å². The van der Waals surface area contributed by atoms with Gasteiger partial charge in [-0.3, -0.25) is 0 Å². The van der Waals surface area contributed by atoms with Crippen LogP contribution in [0.4, 0.5) is 5.69 Å². The first-order chi connectivity index (χ1) is 14.6. The molecule has 3 aromatic carbocycles. The van der Waals surface area contributed by atoms with E-state index in [0.717, 1.165) is 12.2 Å². The van der Waals surface area contributed by atoms with E-state index in [2.05, 4.69) is 72.9 Å². The quantitative estimate of drug-likeness (QED) is 0.315. The Labute approximate surface area is 192 Å². The molecule has 0 fully saturated rings. The van der Waals surface area contributed by atoms with Crippen molar-refractivity contribution in [3.8, 4) is 0 Å². The lowest BCUT2D eigenvalue weighted by molar-refractivity contribution is 0.425. The van der Waals surface area contributed by atoms with E-state index in [1.807, 2.05) is 23.9 Å². The molecule has 3 atom stereocenters. The number of thioether (sulfide) groups is 1. The van der Waals surface area contributed by atoms with Crippen molar-refractivity contribution in [1.29, 1.82) is 0 Å². The third-order valence-corrected chi connectivity index (χ3v) is 8.00. The molecule has 0 bridgehead atoms. The monoisotopic (exact) mass is 451 g/mol. The van der Waals surface area contributed by atoms with Gasteiger partial charge in [0.15, 0.2) is 0 Å². The van der Waals surface area contributed by atoms with E-state index in [4.69, 9.17) is 23.2 Å². The Morgan fingerprint density at radius 1 is 1.00 bits per heavy atom. The Hall–Kier alpha value is -1.87. The van der Waals surface area contributed by atoms with Gasteiger partial charge in [-0.2, -0.15) is 0 Å². The topological polar surface area (TPSA) is 12.0 Å². The minimum absolute atomic E-state index is 0.232. The molecule has 1 aliphatic carbocycles. The molecule has 152 valence electrons. The smallest absolute Gasteiger partial charge is 0.0595 e. The standard InChI is InChI=1S/C26H23Cl2NS/c1-16-12-17(15-30-19-6-3-2-4-7-19)13-22-20-8-5-9-21(20)26(29-25(16)22)18-10-11-23(27)24(28)14-18/h2-8,10-14,20-21,26,29H,9,15H2,1H3/t20-,21-,26+/m0/s1. The van der Waals surface area contributed by atoms with Crippen LogP contribution in [0.5, 0.6) is 0 Å². The van der Waals surface area contributed by atoms with Gasteiger partial charge in [0, 0.05) is 22.3 Å². The Morgan fingerprint density at radius 3 is 2.63 bits per heavy atom. The van der Waals surface area contributed by atoms with Gasteiger partial charge in [0.1, 0.15) is 0 Å². The highest BCUT2D eigenvalue weighted by Crippen LogP contribution is 2.51.